The lowest BCUT2D eigenvalue weighted by Gasteiger charge is -2.49. The van der Waals surface area contributed by atoms with E-state index in [9.17, 15) is 12.8 Å². The van der Waals surface area contributed by atoms with E-state index in [0.29, 0.717) is 29.3 Å². The fourth-order valence-corrected chi connectivity index (χ4v) is 6.25. The van der Waals surface area contributed by atoms with Gasteiger partial charge in [-0.15, -0.1) is 0 Å². The van der Waals surface area contributed by atoms with Crippen LogP contribution in [0.15, 0.2) is 29.4 Å². The zero-order valence-corrected chi connectivity index (χ0v) is 21.1. The average Bonchev–Trinajstić information content (AvgIpc) is 3.31. The van der Waals surface area contributed by atoms with Crippen molar-refractivity contribution < 1.29 is 22.3 Å². The summed E-state index contributed by atoms with van der Waals surface area (Å²) in [7, 11) is -3.49. The van der Waals surface area contributed by atoms with E-state index in [1.807, 2.05) is 6.92 Å². The van der Waals surface area contributed by atoms with Crippen LogP contribution in [-0.4, -0.2) is 67.5 Å². The minimum Gasteiger partial charge on any atom is -0.474 e. The fraction of sp³-hybridized carbons (Fsp3) is 0.600. The number of nitrogens with zero attached hydrogens (tertiary/aromatic N) is 3. The van der Waals surface area contributed by atoms with Crippen molar-refractivity contribution in [2.75, 3.05) is 31.3 Å². The predicted molar refractivity (Wildman–Crippen MR) is 130 cm³/mol. The second-order valence-electron chi connectivity index (χ2n) is 10.1. The maximum absolute atomic E-state index is 14.6. The van der Waals surface area contributed by atoms with E-state index in [1.165, 1.54) is 44.1 Å². The zero-order valence-electron chi connectivity index (χ0n) is 20.2. The lowest BCUT2D eigenvalue weighted by molar-refractivity contribution is -0.105. The minimum atomic E-state index is -3.49. The summed E-state index contributed by atoms with van der Waals surface area (Å²) in [6, 6.07) is 4.49. The highest BCUT2D eigenvalue weighted by Gasteiger charge is 2.41. The summed E-state index contributed by atoms with van der Waals surface area (Å²) >= 11 is 0. The Bertz CT molecular complexity index is 1160. The predicted octanol–water partition coefficient (Wildman–Crippen LogP) is 3.87. The smallest absolute Gasteiger partial charge is 0.221 e. The van der Waals surface area contributed by atoms with Gasteiger partial charge in [0.15, 0.2) is 9.84 Å². The van der Waals surface area contributed by atoms with Crippen molar-refractivity contribution in [2.45, 2.75) is 68.5 Å². The number of aromatic nitrogens is 2. The largest absolute Gasteiger partial charge is 0.474 e. The van der Waals surface area contributed by atoms with E-state index in [-0.39, 0.29) is 16.7 Å². The third-order valence-electron chi connectivity index (χ3n) is 7.51. The molecule has 2 bridgehead atoms. The first-order valence-corrected chi connectivity index (χ1v) is 14.3. The van der Waals surface area contributed by atoms with E-state index in [2.05, 4.69) is 20.2 Å². The van der Waals surface area contributed by atoms with Gasteiger partial charge in [0, 0.05) is 37.7 Å². The summed E-state index contributed by atoms with van der Waals surface area (Å²) in [6.07, 6.45) is 9.62. The van der Waals surface area contributed by atoms with E-state index in [0.717, 1.165) is 50.8 Å². The molecular formula is C25H33FN4O4S. The van der Waals surface area contributed by atoms with Crippen LogP contribution in [0.25, 0.3) is 0 Å². The maximum atomic E-state index is 14.6. The van der Waals surface area contributed by atoms with Crippen molar-refractivity contribution in [3.63, 3.8) is 0 Å². The molecule has 1 saturated carbocycles. The number of hydrogen-bond donors (Lipinski definition) is 1. The molecule has 190 valence electrons. The van der Waals surface area contributed by atoms with Crippen molar-refractivity contribution >= 4 is 21.3 Å². The first kappa shape index (κ1) is 24.4. The van der Waals surface area contributed by atoms with Crippen LogP contribution in [0.1, 0.15) is 44.1 Å². The Morgan fingerprint density at radius 2 is 1.89 bits per heavy atom. The second-order valence-corrected chi connectivity index (χ2v) is 12.1. The quantitative estimate of drug-likeness (QED) is 0.607. The lowest BCUT2D eigenvalue weighted by Crippen LogP contribution is -2.59. The molecule has 3 aliphatic rings. The SMILES string of the molecule is Cc1c(Nc2ccc(S(C)(=O)=O)cc2F)ncnc1OC1CC2COC[C@H](C1)N2CC1CCCC1. The van der Waals surface area contributed by atoms with Gasteiger partial charge in [-0.25, -0.2) is 22.8 Å². The van der Waals surface area contributed by atoms with Crippen LogP contribution in [0.3, 0.4) is 0 Å². The molecule has 3 atom stereocenters. The van der Waals surface area contributed by atoms with Gasteiger partial charge < -0.3 is 14.8 Å². The normalized spacial score (nSPS) is 25.5. The molecule has 0 radical (unpaired) electrons. The summed E-state index contributed by atoms with van der Waals surface area (Å²) < 4.78 is 50.2. The topological polar surface area (TPSA) is 93.7 Å². The number of ether oxygens (including phenoxy) is 2. The van der Waals surface area contributed by atoms with Gasteiger partial charge in [-0.1, -0.05) is 12.8 Å². The standard InChI is InChI=1S/C25H33FN4O4S/c1-16-24(29-23-8-7-21(11-22(23)26)35(2,31)32)27-15-28-25(16)34-20-9-18-13-33-14-19(10-20)30(18)12-17-5-3-4-6-17/h7-8,11,15,17-20H,3-6,9-10,12-14H2,1-2H3,(H,27,28,29)/t18-,19?,20?/m0/s1. The molecule has 3 heterocycles. The molecule has 8 nitrogen and oxygen atoms in total. The number of piperidine rings is 1. The number of anilines is 2. The number of nitrogens with one attached hydrogen (secondary N) is 1. The van der Waals surface area contributed by atoms with Gasteiger partial charge in [-0.2, -0.15) is 0 Å². The summed E-state index contributed by atoms with van der Waals surface area (Å²) in [5, 5.41) is 2.95. The Kier molecular flexibility index (Phi) is 6.96. The molecule has 3 fully saturated rings. The number of rotatable bonds is 7. The van der Waals surface area contributed by atoms with Crippen molar-refractivity contribution in [3.05, 3.63) is 35.9 Å². The van der Waals surface area contributed by atoms with Crippen molar-refractivity contribution in [1.29, 1.82) is 0 Å². The maximum Gasteiger partial charge on any atom is 0.221 e. The third-order valence-corrected chi connectivity index (χ3v) is 8.62. The zero-order chi connectivity index (χ0) is 24.6. The van der Waals surface area contributed by atoms with Crippen LogP contribution in [0.2, 0.25) is 0 Å². The molecule has 2 unspecified atom stereocenters. The number of hydrogen-bond acceptors (Lipinski definition) is 8. The van der Waals surface area contributed by atoms with Crippen LogP contribution in [0.4, 0.5) is 15.9 Å². The van der Waals surface area contributed by atoms with Gasteiger partial charge in [-0.05, 0) is 43.9 Å². The molecule has 35 heavy (non-hydrogen) atoms. The van der Waals surface area contributed by atoms with Crippen LogP contribution < -0.4 is 10.1 Å². The summed E-state index contributed by atoms with van der Waals surface area (Å²) in [5.41, 5.74) is 0.811. The summed E-state index contributed by atoms with van der Waals surface area (Å²) in [5.74, 6) is 1.03. The fourth-order valence-electron chi connectivity index (χ4n) is 5.62. The Balaban J connectivity index is 1.27. The highest BCUT2D eigenvalue weighted by Crippen LogP contribution is 2.35. The van der Waals surface area contributed by atoms with E-state index in [1.54, 1.807) is 0 Å². The molecule has 1 aromatic heterocycles. The molecule has 0 spiro atoms. The van der Waals surface area contributed by atoms with Gasteiger partial charge >= 0.3 is 0 Å². The number of benzene rings is 1. The first-order valence-electron chi connectivity index (χ1n) is 12.4. The van der Waals surface area contributed by atoms with Gasteiger partial charge in [-0.3, -0.25) is 4.90 Å². The van der Waals surface area contributed by atoms with Crippen LogP contribution in [0, 0.1) is 18.7 Å². The van der Waals surface area contributed by atoms with Crippen molar-refractivity contribution in [2.24, 2.45) is 5.92 Å². The van der Waals surface area contributed by atoms with E-state index >= 15 is 0 Å². The molecule has 1 aromatic carbocycles. The van der Waals surface area contributed by atoms with Crippen LogP contribution >= 0.6 is 0 Å². The Labute approximate surface area is 206 Å². The number of fused-ring (bicyclic) bond motifs is 2. The monoisotopic (exact) mass is 504 g/mol. The van der Waals surface area contributed by atoms with Crippen LogP contribution in [0.5, 0.6) is 5.88 Å². The van der Waals surface area contributed by atoms with Crippen molar-refractivity contribution in [3.8, 4) is 5.88 Å². The summed E-state index contributed by atoms with van der Waals surface area (Å²) in [6.45, 7) is 4.47. The highest BCUT2D eigenvalue weighted by atomic mass is 32.2. The molecular weight excluding hydrogens is 471 g/mol. The Morgan fingerprint density at radius 3 is 2.54 bits per heavy atom. The van der Waals surface area contributed by atoms with Gasteiger partial charge in [0.2, 0.25) is 5.88 Å². The molecule has 1 N–H and O–H groups in total. The first-order chi connectivity index (χ1) is 16.8. The number of sulfone groups is 1. The molecule has 1 aliphatic carbocycles. The van der Waals surface area contributed by atoms with E-state index < -0.39 is 15.7 Å². The Hall–Kier alpha value is -2.30. The molecule has 5 rings (SSSR count). The molecule has 2 aliphatic heterocycles. The highest BCUT2D eigenvalue weighted by molar-refractivity contribution is 7.90. The molecule has 0 amide bonds. The minimum absolute atomic E-state index is 0.0287. The molecule has 2 saturated heterocycles. The lowest BCUT2D eigenvalue weighted by atomic mass is 9.90. The average molecular weight is 505 g/mol. The van der Waals surface area contributed by atoms with E-state index in [4.69, 9.17) is 9.47 Å². The third kappa shape index (κ3) is 5.44. The van der Waals surface area contributed by atoms with Gasteiger partial charge in [0.1, 0.15) is 24.1 Å². The van der Waals surface area contributed by atoms with Crippen LogP contribution in [-0.2, 0) is 14.6 Å². The molecule has 10 heteroatoms. The van der Waals surface area contributed by atoms with Gasteiger partial charge in [0.25, 0.3) is 0 Å². The van der Waals surface area contributed by atoms with Gasteiger partial charge in [0.05, 0.1) is 29.4 Å². The molecule has 2 aromatic rings. The number of morpholine rings is 1. The van der Waals surface area contributed by atoms with Crippen molar-refractivity contribution in [1.82, 2.24) is 14.9 Å². The Morgan fingerprint density at radius 1 is 1.17 bits per heavy atom. The summed E-state index contributed by atoms with van der Waals surface area (Å²) in [4.78, 5) is 11.2. The second kappa shape index (κ2) is 9.99. The number of halogens is 1.